The number of hydrogen-bond donors (Lipinski definition) is 0. The number of piperidine rings is 1. The van der Waals surface area contributed by atoms with Crippen LogP contribution in [0.4, 0.5) is 0 Å². The van der Waals surface area contributed by atoms with Gasteiger partial charge in [-0.05, 0) is 38.3 Å². The summed E-state index contributed by atoms with van der Waals surface area (Å²) in [5.74, 6) is 1.19. The Kier molecular flexibility index (Phi) is 4.13. The summed E-state index contributed by atoms with van der Waals surface area (Å²) in [5, 5.41) is 3.96. The number of likely N-dealkylation sites (tertiary alicyclic amines) is 1. The fourth-order valence-electron chi connectivity index (χ4n) is 2.90. The lowest BCUT2D eigenvalue weighted by Gasteiger charge is -2.32. The zero-order valence-electron chi connectivity index (χ0n) is 12.9. The average molecular weight is 300 g/mol. The van der Waals surface area contributed by atoms with E-state index in [-0.39, 0.29) is 11.9 Å². The van der Waals surface area contributed by atoms with Gasteiger partial charge in [-0.3, -0.25) is 4.79 Å². The molecular weight excluding hydrogens is 280 g/mol. The van der Waals surface area contributed by atoms with E-state index in [1.165, 1.54) is 6.42 Å². The number of aromatic nitrogens is 1. The second-order valence-electron chi connectivity index (χ2n) is 5.62. The van der Waals surface area contributed by atoms with Gasteiger partial charge >= 0.3 is 0 Å². The summed E-state index contributed by atoms with van der Waals surface area (Å²) in [6, 6.07) is 9.48. The predicted molar refractivity (Wildman–Crippen MR) is 82.8 cm³/mol. The van der Waals surface area contributed by atoms with E-state index < -0.39 is 0 Å². The highest BCUT2D eigenvalue weighted by molar-refractivity contribution is 5.93. The van der Waals surface area contributed by atoms with E-state index in [0.717, 1.165) is 24.9 Å². The Morgan fingerprint density at radius 1 is 1.36 bits per heavy atom. The van der Waals surface area contributed by atoms with E-state index in [1.807, 2.05) is 29.2 Å². The first kappa shape index (κ1) is 14.6. The van der Waals surface area contributed by atoms with Crippen LogP contribution in [0.1, 0.15) is 36.7 Å². The third-order valence-electron chi connectivity index (χ3n) is 4.17. The number of ether oxygens (including phenoxy) is 1. The number of nitrogens with zero attached hydrogens (tertiary/aromatic N) is 2. The Bertz CT molecular complexity index is 665. The van der Waals surface area contributed by atoms with Crippen LogP contribution in [0.5, 0.6) is 5.75 Å². The van der Waals surface area contributed by atoms with Crippen LogP contribution in [-0.2, 0) is 0 Å². The predicted octanol–water partition coefficient (Wildman–Crippen LogP) is 3.36. The van der Waals surface area contributed by atoms with Crippen molar-refractivity contribution >= 4 is 5.91 Å². The number of methoxy groups -OCH3 is 1. The van der Waals surface area contributed by atoms with Gasteiger partial charge in [-0.2, -0.15) is 0 Å². The standard InChI is InChI=1S/C17H20N2O3/c1-12-7-5-6-10-19(12)17(20)14-11-16(22-18-14)13-8-3-4-9-15(13)21-2/h3-4,8-9,11-12H,5-7,10H2,1-2H3/t12-/m0/s1. The lowest BCUT2D eigenvalue weighted by Crippen LogP contribution is -2.42. The summed E-state index contributed by atoms with van der Waals surface area (Å²) in [5.41, 5.74) is 1.15. The minimum absolute atomic E-state index is 0.0582. The smallest absolute Gasteiger partial charge is 0.276 e. The molecule has 1 aliphatic rings. The highest BCUT2D eigenvalue weighted by Crippen LogP contribution is 2.30. The van der Waals surface area contributed by atoms with Gasteiger partial charge in [-0.15, -0.1) is 0 Å². The van der Waals surface area contributed by atoms with Crippen molar-refractivity contribution in [1.82, 2.24) is 10.1 Å². The molecule has 0 unspecified atom stereocenters. The fraction of sp³-hybridized carbons (Fsp3) is 0.412. The molecule has 22 heavy (non-hydrogen) atoms. The Balaban J connectivity index is 1.86. The maximum Gasteiger partial charge on any atom is 0.276 e. The first-order chi connectivity index (χ1) is 10.7. The van der Waals surface area contributed by atoms with Gasteiger partial charge in [-0.25, -0.2) is 0 Å². The van der Waals surface area contributed by atoms with Crippen LogP contribution in [0.25, 0.3) is 11.3 Å². The molecule has 0 spiro atoms. The van der Waals surface area contributed by atoms with Gasteiger partial charge in [0.2, 0.25) is 0 Å². The Morgan fingerprint density at radius 2 is 2.18 bits per heavy atom. The summed E-state index contributed by atoms with van der Waals surface area (Å²) in [6.45, 7) is 2.87. The summed E-state index contributed by atoms with van der Waals surface area (Å²) in [6.07, 6.45) is 3.27. The summed E-state index contributed by atoms with van der Waals surface area (Å²) >= 11 is 0. The van der Waals surface area contributed by atoms with Crippen molar-refractivity contribution in [2.24, 2.45) is 0 Å². The van der Waals surface area contributed by atoms with Crippen molar-refractivity contribution in [1.29, 1.82) is 0 Å². The zero-order chi connectivity index (χ0) is 15.5. The van der Waals surface area contributed by atoms with Gasteiger partial charge in [0.25, 0.3) is 5.91 Å². The molecule has 5 nitrogen and oxygen atoms in total. The van der Waals surface area contributed by atoms with Crippen LogP contribution in [0, 0.1) is 0 Å². The van der Waals surface area contributed by atoms with E-state index in [1.54, 1.807) is 13.2 Å². The molecule has 0 saturated carbocycles. The minimum Gasteiger partial charge on any atom is -0.496 e. The SMILES string of the molecule is COc1ccccc1-c1cc(C(=O)N2CCCC[C@@H]2C)no1. The molecule has 116 valence electrons. The third-order valence-corrected chi connectivity index (χ3v) is 4.17. The van der Waals surface area contributed by atoms with Gasteiger partial charge in [0.1, 0.15) is 5.75 Å². The van der Waals surface area contributed by atoms with Gasteiger partial charge < -0.3 is 14.2 Å². The maximum absolute atomic E-state index is 12.6. The third kappa shape index (κ3) is 2.71. The normalized spacial score (nSPS) is 18.3. The van der Waals surface area contributed by atoms with Crippen molar-refractivity contribution in [2.45, 2.75) is 32.2 Å². The van der Waals surface area contributed by atoms with Crippen molar-refractivity contribution in [3.8, 4) is 17.1 Å². The lowest BCUT2D eigenvalue weighted by atomic mass is 10.0. The van der Waals surface area contributed by atoms with E-state index in [0.29, 0.717) is 17.2 Å². The Labute approximate surface area is 129 Å². The number of rotatable bonds is 3. The minimum atomic E-state index is -0.0582. The van der Waals surface area contributed by atoms with Gasteiger partial charge in [-0.1, -0.05) is 17.3 Å². The fourth-order valence-corrected chi connectivity index (χ4v) is 2.90. The van der Waals surface area contributed by atoms with Crippen LogP contribution < -0.4 is 4.74 Å². The zero-order valence-corrected chi connectivity index (χ0v) is 12.9. The summed E-state index contributed by atoms with van der Waals surface area (Å²) < 4.78 is 10.7. The molecule has 0 bridgehead atoms. The molecule has 2 heterocycles. The molecule has 1 atom stereocenters. The van der Waals surface area contributed by atoms with Crippen LogP contribution in [0.2, 0.25) is 0 Å². The van der Waals surface area contributed by atoms with E-state index in [4.69, 9.17) is 9.26 Å². The number of carbonyl (C=O) groups excluding carboxylic acids is 1. The Hall–Kier alpha value is -2.30. The molecule has 1 amide bonds. The largest absolute Gasteiger partial charge is 0.496 e. The maximum atomic E-state index is 12.6. The molecule has 1 aromatic carbocycles. The molecule has 5 heteroatoms. The molecule has 2 aromatic rings. The first-order valence-electron chi connectivity index (χ1n) is 7.62. The Morgan fingerprint density at radius 3 is 2.95 bits per heavy atom. The molecule has 0 N–H and O–H groups in total. The van der Waals surface area contributed by atoms with Gasteiger partial charge in [0.15, 0.2) is 11.5 Å². The molecule has 1 aromatic heterocycles. The molecule has 1 aliphatic heterocycles. The lowest BCUT2D eigenvalue weighted by molar-refractivity contribution is 0.0625. The number of para-hydroxylation sites is 1. The summed E-state index contributed by atoms with van der Waals surface area (Å²) in [4.78, 5) is 14.5. The highest BCUT2D eigenvalue weighted by Gasteiger charge is 2.27. The number of amides is 1. The average Bonchev–Trinajstić information content (AvgIpc) is 3.04. The monoisotopic (exact) mass is 300 g/mol. The van der Waals surface area contributed by atoms with Crippen molar-refractivity contribution in [3.05, 3.63) is 36.0 Å². The van der Waals surface area contributed by atoms with Crippen molar-refractivity contribution in [3.63, 3.8) is 0 Å². The molecule has 0 aliphatic carbocycles. The number of hydrogen-bond acceptors (Lipinski definition) is 4. The van der Waals surface area contributed by atoms with E-state index >= 15 is 0 Å². The van der Waals surface area contributed by atoms with Gasteiger partial charge in [0.05, 0.1) is 12.7 Å². The first-order valence-corrected chi connectivity index (χ1v) is 7.62. The molecule has 1 saturated heterocycles. The number of benzene rings is 1. The highest BCUT2D eigenvalue weighted by atomic mass is 16.5. The summed E-state index contributed by atoms with van der Waals surface area (Å²) in [7, 11) is 1.61. The molecular formula is C17H20N2O3. The quantitative estimate of drug-likeness (QED) is 0.872. The van der Waals surface area contributed by atoms with Crippen molar-refractivity contribution in [2.75, 3.05) is 13.7 Å². The van der Waals surface area contributed by atoms with Gasteiger partial charge in [0, 0.05) is 18.7 Å². The van der Waals surface area contributed by atoms with Crippen molar-refractivity contribution < 1.29 is 14.1 Å². The van der Waals surface area contributed by atoms with E-state index in [9.17, 15) is 4.79 Å². The second-order valence-corrected chi connectivity index (χ2v) is 5.62. The topological polar surface area (TPSA) is 55.6 Å². The molecule has 1 fully saturated rings. The van der Waals surface area contributed by atoms with E-state index in [2.05, 4.69) is 12.1 Å². The van der Waals surface area contributed by atoms with Crippen LogP contribution >= 0.6 is 0 Å². The van der Waals surface area contributed by atoms with Crippen LogP contribution in [-0.4, -0.2) is 35.7 Å². The second kappa shape index (κ2) is 6.22. The van der Waals surface area contributed by atoms with Crippen LogP contribution in [0.15, 0.2) is 34.9 Å². The molecule has 3 rings (SSSR count). The van der Waals surface area contributed by atoms with Crippen LogP contribution in [0.3, 0.4) is 0 Å². The molecule has 0 radical (unpaired) electrons. The number of carbonyl (C=O) groups is 1.